The van der Waals surface area contributed by atoms with E-state index in [4.69, 9.17) is 4.74 Å². The van der Waals surface area contributed by atoms with Gasteiger partial charge in [0.15, 0.2) is 0 Å². The lowest BCUT2D eigenvalue weighted by Gasteiger charge is -2.11. The monoisotopic (exact) mass is 424 g/mol. The van der Waals surface area contributed by atoms with Crippen LogP contribution in [0.1, 0.15) is 116 Å². The summed E-state index contributed by atoms with van der Waals surface area (Å²) in [5, 5.41) is 8.97. The molecule has 1 unspecified atom stereocenters. The number of unbranched alkanes of at least 4 members (excludes halogenated alkanes) is 10. The van der Waals surface area contributed by atoms with E-state index in [9.17, 15) is 0 Å². The molecule has 3 nitrogen and oxygen atoms in total. The van der Waals surface area contributed by atoms with Crippen molar-refractivity contribution in [2.24, 2.45) is 0 Å². The van der Waals surface area contributed by atoms with Crippen LogP contribution in [0.2, 0.25) is 0 Å². The Hall–Kier alpha value is -1.90. The second-order valence-electron chi connectivity index (χ2n) is 8.94. The largest absolute Gasteiger partial charge is 0.494 e. The zero-order valence-corrected chi connectivity index (χ0v) is 20.2. The fraction of sp³-hybridized carbons (Fsp3) is 0.643. The average molecular weight is 425 g/mol. The second kappa shape index (κ2) is 15.8. The normalized spacial score (nSPS) is 12.1. The molecule has 3 heteroatoms. The molecule has 1 aromatic carbocycles. The standard InChI is InChI=1S/C28H44N2O/c1-4-6-8-10-11-12-13-15-23-31-26-19-17-25(18-20-26)28-22-21-27(29-30-28)24(3)16-14-9-7-5-2/h17-22,24H,4-16,23H2,1-3H3. The zero-order chi connectivity index (χ0) is 22.2. The highest BCUT2D eigenvalue weighted by Crippen LogP contribution is 2.24. The van der Waals surface area contributed by atoms with Gasteiger partial charge < -0.3 is 4.74 Å². The van der Waals surface area contributed by atoms with Gasteiger partial charge in [0.1, 0.15) is 5.75 Å². The Morgan fingerprint density at radius 3 is 1.90 bits per heavy atom. The first kappa shape index (κ1) is 25.4. The van der Waals surface area contributed by atoms with Crippen LogP contribution in [0.4, 0.5) is 0 Å². The fourth-order valence-corrected chi connectivity index (χ4v) is 3.93. The number of hydrogen-bond acceptors (Lipinski definition) is 3. The van der Waals surface area contributed by atoms with Gasteiger partial charge in [0.2, 0.25) is 0 Å². The van der Waals surface area contributed by atoms with Crippen LogP contribution in [0, 0.1) is 0 Å². The minimum absolute atomic E-state index is 0.477. The van der Waals surface area contributed by atoms with Crippen LogP contribution in [-0.4, -0.2) is 16.8 Å². The highest BCUT2D eigenvalue weighted by Gasteiger charge is 2.09. The number of aromatic nitrogens is 2. The summed E-state index contributed by atoms with van der Waals surface area (Å²) in [5.41, 5.74) is 3.12. The van der Waals surface area contributed by atoms with Gasteiger partial charge in [-0.2, -0.15) is 10.2 Å². The fourth-order valence-electron chi connectivity index (χ4n) is 3.93. The maximum absolute atomic E-state index is 5.91. The summed E-state index contributed by atoms with van der Waals surface area (Å²) in [5.74, 6) is 1.42. The lowest BCUT2D eigenvalue weighted by Crippen LogP contribution is -2.00. The molecule has 0 fully saturated rings. The highest BCUT2D eigenvalue weighted by atomic mass is 16.5. The van der Waals surface area contributed by atoms with Crippen molar-refractivity contribution in [2.75, 3.05) is 6.61 Å². The molecule has 1 heterocycles. The number of hydrogen-bond donors (Lipinski definition) is 0. The van der Waals surface area contributed by atoms with Gasteiger partial charge in [-0.25, -0.2) is 0 Å². The average Bonchev–Trinajstić information content (AvgIpc) is 2.81. The smallest absolute Gasteiger partial charge is 0.119 e. The predicted molar refractivity (Wildman–Crippen MR) is 133 cm³/mol. The quantitative estimate of drug-likeness (QED) is 0.238. The van der Waals surface area contributed by atoms with Crippen LogP contribution < -0.4 is 4.74 Å². The number of ether oxygens (including phenoxy) is 1. The summed E-state index contributed by atoms with van der Waals surface area (Å²) >= 11 is 0. The van der Waals surface area contributed by atoms with Crippen molar-refractivity contribution >= 4 is 0 Å². The molecule has 0 N–H and O–H groups in total. The van der Waals surface area contributed by atoms with E-state index in [1.807, 2.05) is 12.1 Å². The van der Waals surface area contributed by atoms with Gasteiger partial charge >= 0.3 is 0 Å². The maximum Gasteiger partial charge on any atom is 0.119 e. The summed E-state index contributed by atoms with van der Waals surface area (Å²) in [6, 6.07) is 12.5. The molecular formula is C28H44N2O. The lowest BCUT2D eigenvalue weighted by molar-refractivity contribution is 0.304. The van der Waals surface area contributed by atoms with Crippen LogP contribution in [0.5, 0.6) is 5.75 Å². The van der Waals surface area contributed by atoms with E-state index in [1.54, 1.807) is 0 Å². The zero-order valence-electron chi connectivity index (χ0n) is 20.2. The van der Waals surface area contributed by atoms with Crippen LogP contribution in [-0.2, 0) is 0 Å². The molecule has 0 saturated heterocycles. The van der Waals surface area contributed by atoms with Gasteiger partial charge in [-0.3, -0.25) is 0 Å². The molecule has 0 bridgehead atoms. The van der Waals surface area contributed by atoms with Crippen molar-refractivity contribution in [2.45, 2.75) is 110 Å². The van der Waals surface area contributed by atoms with E-state index < -0.39 is 0 Å². The summed E-state index contributed by atoms with van der Waals surface area (Å²) in [7, 11) is 0. The molecule has 2 rings (SSSR count). The molecule has 31 heavy (non-hydrogen) atoms. The van der Waals surface area contributed by atoms with E-state index in [0.29, 0.717) is 5.92 Å². The molecule has 172 valence electrons. The Morgan fingerprint density at radius 1 is 0.677 bits per heavy atom. The number of benzene rings is 1. The van der Waals surface area contributed by atoms with Gasteiger partial charge in [-0.1, -0.05) is 91.4 Å². The Kier molecular flexibility index (Phi) is 13.0. The minimum Gasteiger partial charge on any atom is -0.494 e. The van der Waals surface area contributed by atoms with Gasteiger partial charge in [0.25, 0.3) is 0 Å². The van der Waals surface area contributed by atoms with E-state index in [1.165, 1.54) is 77.0 Å². The van der Waals surface area contributed by atoms with Gasteiger partial charge in [-0.05, 0) is 49.2 Å². The summed E-state index contributed by atoms with van der Waals surface area (Å²) in [6.07, 6.45) is 17.0. The molecule has 0 aliphatic heterocycles. The van der Waals surface area contributed by atoms with Crippen LogP contribution in [0.15, 0.2) is 36.4 Å². The van der Waals surface area contributed by atoms with Crippen molar-refractivity contribution in [1.82, 2.24) is 10.2 Å². The Bertz CT molecular complexity index is 681. The van der Waals surface area contributed by atoms with Crippen LogP contribution in [0.3, 0.4) is 0 Å². The van der Waals surface area contributed by atoms with Gasteiger partial charge in [0, 0.05) is 11.5 Å². The van der Waals surface area contributed by atoms with Crippen molar-refractivity contribution in [3.8, 4) is 17.0 Å². The molecular weight excluding hydrogens is 380 g/mol. The molecule has 2 aromatic rings. The van der Waals surface area contributed by atoms with E-state index >= 15 is 0 Å². The highest BCUT2D eigenvalue weighted by molar-refractivity contribution is 5.59. The third-order valence-electron chi connectivity index (χ3n) is 6.10. The molecule has 0 amide bonds. The Labute approximate surface area is 191 Å². The van der Waals surface area contributed by atoms with Crippen LogP contribution in [0.25, 0.3) is 11.3 Å². The summed E-state index contributed by atoms with van der Waals surface area (Å²) < 4.78 is 5.91. The number of rotatable bonds is 17. The van der Waals surface area contributed by atoms with Crippen LogP contribution >= 0.6 is 0 Å². The van der Waals surface area contributed by atoms with Gasteiger partial charge in [-0.15, -0.1) is 0 Å². The molecule has 1 aromatic heterocycles. The third-order valence-corrected chi connectivity index (χ3v) is 6.10. The molecule has 0 saturated carbocycles. The molecule has 0 spiro atoms. The Balaban J connectivity index is 1.69. The van der Waals surface area contributed by atoms with E-state index in [2.05, 4.69) is 55.2 Å². The summed E-state index contributed by atoms with van der Waals surface area (Å²) in [6.45, 7) is 7.58. The molecule has 0 aliphatic carbocycles. The van der Waals surface area contributed by atoms with E-state index in [0.717, 1.165) is 35.7 Å². The first-order valence-corrected chi connectivity index (χ1v) is 12.8. The van der Waals surface area contributed by atoms with Crippen molar-refractivity contribution in [1.29, 1.82) is 0 Å². The molecule has 1 atom stereocenters. The molecule has 0 radical (unpaired) electrons. The van der Waals surface area contributed by atoms with Crippen molar-refractivity contribution in [3.63, 3.8) is 0 Å². The topological polar surface area (TPSA) is 35.0 Å². The predicted octanol–water partition coefficient (Wildman–Crippen LogP) is 8.74. The Morgan fingerprint density at radius 2 is 1.29 bits per heavy atom. The minimum atomic E-state index is 0.477. The van der Waals surface area contributed by atoms with E-state index in [-0.39, 0.29) is 0 Å². The second-order valence-corrected chi connectivity index (χ2v) is 8.94. The van der Waals surface area contributed by atoms with Crippen molar-refractivity contribution < 1.29 is 4.74 Å². The van der Waals surface area contributed by atoms with Gasteiger partial charge in [0.05, 0.1) is 18.0 Å². The third kappa shape index (κ3) is 10.3. The van der Waals surface area contributed by atoms with Crippen molar-refractivity contribution in [3.05, 3.63) is 42.1 Å². The first-order chi connectivity index (χ1) is 15.2. The first-order valence-electron chi connectivity index (χ1n) is 12.8. The number of nitrogens with zero attached hydrogens (tertiary/aromatic N) is 2. The lowest BCUT2D eigenvalue weighted by atomic mass is 9.99. The molecule has 0 aliphatic rings. The maximum atomic E-state index is 5.91. The summed E-state index contributed by atoms with van der Waals surface area (Å²) in [4.78, 5) is 0. The SMILES string of the molecule is CCCCCCCCCCOc1ccc(-c2ccc(C(C)CCCCCC)nn2)cc1.